The molecule has 0 saturated carbocycles. The summed E-state index contributed by atoms with van der Waals surface area (Å²) in [6, 6.07) is 25.6. The van der Waals surface area contributed by atoms with Crippen LogP contribution in [0.25, 0.3) is 28.6 Å². The summed E-state index contributed by atoms with van der Waals surface area (Å²) in [6.07, 6.45) is 4.14. The van der Waals surface area contributed by atoms with Gasteiger partial charge in [-0.3, -0.25) is 0 Å². The molecule has 0 unspecified atom stereocenters. The van der Waals surface area contributed by atoms with Crippen LogP contribution in [0.15, 0.2) is 84.9 Å². The molecule has 4 aromatic rings. The topological polar surface area (TPSA) is 41.0 Å². The number of benzene rings is 3. The van der Waals surface area contributed by atoms with Gasteiger partial charge in [0.1, 0.15) is 0 Å². The summed E-state index contributed by atoms with van der Waals surface area (Å²) in [7, 11) is 4.07. The van der Waals surface area contributed by atoms with Crippen LogP contribution in [0.5, 0.6) is 0 Å². The number of hydrogen-bond donors (Lipinski definition) is 1. The Kier molecular flexibility index (Phi) is 7.28. The molecule has 1 aromatic heterocycles. The lowest BCUT2D eigenvalue weighted by molar-refractivity contribution is 1.13. The lowest BCUT2D eigenvalue weighted by Crippen LogP contribution is -2.07. The van der Waals surface area contributed by atoms with Gasteiger partial charge in [0.15, 0.2) is 0 Å². The molecule has 6 heteroatoms. The van der Waals surface area contributed by atoms with Crippen LogP contribution in [-0.2, 0) is 0 Å². The van der Waals surface area contributed by atoms with Crippen LogP contribution in [0.1, 0.15) is 5.56 Å². The standard InChI is InChI=1S/C27H24Cl2N4/c1-33(2)24-15-5-19(6-16-24)4-3-17-30-27-31-25(20-7-11-22(28)12-8-20)18-26(32-27)21-9-13-23(29)14-10-21/h3-16,18H,17H2,1-2H3,(H,30,31,32)/b4-3-. The maximum absolute atomic E-state index is 6.06. The molecule has 0 aliphatic heterocycles. The minimum Gasteiger partial charge on any atom is -0.378 e. The van der Waals surface area contributed by atoms with Crippen LogP contribution in [-0.4, -0.2) is 30.6 Å². The van der Waals surface area contributed by atoms with E-state index in [0.717, 1.165) is 28.1 Å². The van der Waals surface area contributed by atoms with E-state index >= 15 is 0 Å². The fourth-order valence-electron chi connectivity index (χ4n) is 3.29. The molecular weight excluding hydrogens is 451 g/mol. The Bertz CT molecular complexity index is 1170. The summed E-state index contributed by atoms with van der Waals surface area (Å²) in [6.45, 7) is 0.597. The molecule has 0 aliphatic rings. The molecule has 0 atom stereocenters. The van der Waals surface area contributed by atoms with Gasteiger partial charge in [-0.1, -0.05) is 71.8 Å². The Hall–Kier alpha value is -3.34. The Balaban J connectivity index is 1.55. The highest BCUT2D eigenvalue weighted by atomic mass is 35.5. The number of rotatable bonds is 7. The van der Waals surface area contributed by atoms with E-state index in [1.165, 1.54) is 5.69 Å². The maximum atomic E-state index is 6.06. The van der Waals surface area contributed by atoms with Crippen LogP contribution < -0.4 is 10.2 Å². The van der Waals surface area contributed by atoms with Crippen molar-refractivity contribution in [2.75, 3.05) is 30.9 Å². The summed E-state index contributed by atoms with van der Waals surface area (Å²) in [5.41, 5.74) is 5.88. The normalized spacial score (nSPS) is 11.0. The predicted molar refractivity (Wildman–Crippen MR) is 141 cm³/mol. The van der Waals surface area contributed by atoms with Gasteiger partial charge in [0.2, 0.25) is 5.95 Å². The van der Waals surface area contributed by atoms with Crippen molar-refractivity contribution in [3.63, 3.8) is 0 Å². The Labute approximate surface area is 204 Å². The quantitative estimate of drug-likeness (QED) is 0.304. The molecule has 166 valence electrons. The van der Waals surface area contributed by atoms with Crippen LogP contribution in [0.4, 0.5) is 11.6 Å². The molecule has 0 amide bonds. The van der Waals surface area contributed by atoms with E-state index in [0.29, 0.717) is 22.5 Å². The van der Waals surface area contributed by atoms with Crippen LogP contribution >= 0.6 is 23.2 Å². The monoisotopic (exact) mass is 474 g/mol. The molecular formula is C27H24Cl2N4. The largest absolute Gasteiger partial charge is 0.378 e. The zero-order chi connectivity index (χ0) is 23.2. The fourth-order valence-corrected chi connectivity index (χ4v) is 3.54. The zero-order valence-electron chi connectivity index (χ0n) is 18.5. The second kappa shape index (κ2) is 10.5. The molecule has 0 bridgehead atoms. The first-order chi connectivity index (χ1) is 16.0. The lowest BCUT2D eigenvalue weighted by atomic mass is 10.1. The molecule has 33 heavy (non-hydrogen) atoms. The highest BCUT2D eigenvalue weighted by molar-refractivity contribution is 6.30. The van der Waals surface area contributed by atoms with Crippen molar-refractivity contribution >= 4 is 40.9 Å². The van der Waals surface area contributed by atoms with Crippen molar-refractivity contribution in [3.8, 4) is 22.5 Å². The van der Waals surface area contributed by atoms with Gasteiger partial charge in [-0.25, -0.2) is 9.97 Å². The molecule has 1 N–H and O–H groups in total. The van der Waals surface area contributed by atoms with E-state index in [1.54, 1.807) is 0 Å². The summed E-state index contributed by atoms with van der Waals surface area (Å²) in [5, 5.41) is 4.69. The van der Waals surface area contributed by atoms with Gasteiger partial charge in [0.05, 0.1) is 11.4 Å². The van der Waals surface area contributed by atoms with E-state index < -0.39 is 0 Å². The number of nitrogens with one attached hydrogen (secondary N) is 1. The molecule has 4 nitrogen and oxygen atoms in total. The highest BCUT2D eigenvalue weighted by Crippen LogP contribution is 2.27. The number of hydrogen-bond acceptors (Lipinski definition) is 4. The van der Waals surface area contributed by atoms with Gasteiger partial charge < -0.3 is 10.2 Å². The average molecular weight is 475 g/mol. The van der Waals surface area contributed by atoms with Gasteiger partial charge in [-0.15, -0.1) is 0 Å². The Morgan fingerprint density at radius 3 is 1.76 bits per heavy atom. The second-order valence-electron chi connectivity index (χ2n) is 7.75. The van der Waals surface area contributed by atoms with Gasteiger partial charge in [-0.05, 0) is 48.0 Å². The van der Waals surface area contributed by atoms with Crippen molar-refractivity contribution in [2.24, 2.45) is 0 Å². The molecule has 0 aliphatic carbocycles. The molecule has 0 fully saturated rings. The Morgan fingerprint density at radius 1 is 0.758 bits per heavy atom. The third kappa shape index (κ3) is 6.13. The summed E-state index contributed by atoms with van der Waals surface area (Å²) in [4.78, 5) is 11.5. The first-order valence-electron chi connectivity index (χ1n) is 10.6. The van der Waals surface area contributed by atoms with E-state index in [9.17, 15) is 0 Å². The van der Waals surface area contributed by atoms with Crippen LogP contribution in [0.3, 0.4) is 0 Å². The van der Waals surface area contributed by atoms with Crippen molar-refractivity contribution in [2.45, 2.75) is 0 Å². The summed E-state index contributed by atoms with van der Waals surface area (Å²) in [5.74, 6) is 0.556. The third-order valence-corrected chi connectivity index (χ3v) is 5.61. The number of aromatic nitrogens is 2. The molecule has 0 saturated heterocycles. The highest BCUT2D eigenvalue weighted by Gasteiger charge is 2.09. The van der Waals surface area contributed by atoms with Crippen molar-refractivity contribution in [3.05, 3.63) is 101 Å². The Morgan fingerprint density at radius 2 is 1.27 bits per heavy atom. The fraction of sp³-hybridized carbons (Fsp3) is 0.111. The van der Waals surface area contributed by atoms with E-state index in [2.05, 4.69) is 46.6 Å². The minimum atomic E-state index is 0.556. The molecule has 3 aromatic carbocycles. The van der Waals surface area contributed by atoms with E-state index in [4.69, 9.17) is 33.2 Å². The van der Waals surface area contributed by atoms with Gasteiger partial charge in [-0.2, -0.15) is 0 Å². The van der Waals surface area contributed by atoms with Gasteiger partial charge >= 0.3 is 0 Å². The maximum Gasteiger partial charge on any atom is 0.224 e. The van der Waals surface area contributed by atoms with Crippen molar-refractivity contribution in [1.29, 1.82) is 0 Å². The van der Waals surface area contributed by atoms with Gasteiger partial charge in [0, 0.05) is 47.5 Å². The first-order valence-corrected chi connectivity index (χ1v) is 11.3. The minimum absolute atomic E-state index is 0.556. The van der Waals surface area contributed by atoms with E-state index in [1.807, 2.05) is 68.7 Å². The number of anilines is 2. The van der Waals surface area contributed by atoms with Crippen molar-refractivity contribution in [1.82, 2.24) is 9.97 Å². The molecule has 4 rings (SSSR count). The van der Waals surface area contributed by atoms with Crippen molar-refractivity contribution < 1.29 is 0 Å². The predicted octanol–water partition coefficient (Wildman–Crippen LogP) is 7.31. The van der Waals surface area contributed by atoms with Crippen LogP contribution in [0.2, 0.25) is 10.0 Å². The molecule has 0 radical (unpaired) electrons. The first kappa shape index (κ1) is 22.8. The second-order valence-corrected chi connectivity index (χ2v) is 8.62. The molecule has 1 heterocycles. The average Bonchev–Trinajstić information content (AvgIpc) is 2.83. The smallest absolute Gasteiger partial charge is 0.224 e. The molecule has 0 spiro atoms. The summed E-state index contributed by atoms with van der Waals surface area (Å²) >= 11 is 12.1. The van der Waals surface area contributed by atoms with Gasteiger partial charge in [0.25, 0.3) is 0 Å². The number of halogens is 2. The van der Waals surface area contributed by atoms with Crippen LogP contribution in [0, 0.1) is 0 Å². The summed E-state index contributed by atoms with van der Waals surface area (Å²) < 4.78 is 0. The number of nitrogens with zero attached hydrogens (tertiary/aromatic N) is 3. The SMILES string of the molecule is CN(C)c1ccc(/C=C\CNc2nc(-c3ccc(Cl)cc3)cc(-c3ccc(Cl)cc3)n2)cc1. The third-order valence-electron chi connectivity index (χ3n) is 5.10. The van der Waals surface area contributed by atoms with E-state index in [-0.39, 0.29) is 0 Å². The lowest BCUT2D eigenvalue weighted by Gasteiger charge is -2.11. The zero-order valence-corrected chi connectivity index (χ0v) is 20.0.